The monoisotopic (exact) mass is 518 g/mol. The summed E-state index contributed by atoms with van der Waals surface area (Å²) < 4.78 is 10.6. The van der Waals surface area contributed by atoms with Crippen LogP contribution < -0.4 is 20.1 Å². The van der Waals surface area contributed by atoms with Crippen LogP contribution in [0.25, 0.3) is 0 Å². The maximum atomic E-state index is 5.35. The van der Waals surface area contributed by atoms with Crippen LogP contribution in [-0.2, 0) is 12.8 Å². The molecule has 0 fully saturated rings. The molecule has 0 bridgehead atoms. The van der Waals surface area contributed by atoms with Crippen LogP contribution in [0.4, 0.5) is 0 Å². The Bertz CT molecular complexity index is 737. The zero-order valence-corrected chi connectivity index (χ0v) is 20.2. The number of ether oxygens (including phenoxy) is 2. The molecule has 0 amide bonds. The van der Waals surface area contributed by atoms with Crippen LogP contribution in [0.3, 0.4) is 0 Å². The highest BCUT2D eigenvalue weighted by molar-refractivity contribution is 14.0. The van der Waals surface area contributed by atoms with E-state index >= 15 is 0 Å². The van der Waals surface area contributed by atoms with Crippen LogP contribution in [0.1, 0.15) is 29.1 Å². The van der Waals surface area contributed by atoms with Crippen molar-refractivity contribution in [3.05, 3.63) is 39.8 Å². The van der Waals surface area contributed by atoms with E-state index in [2.05, 4.69) is 32.1 Å². The van der Waals surface area contributed by atoms with E-state index in [1.54, 1.807) is 32.6 Å². The minimum absolute atomic E-state index is 0. The van der Waals surface area contributed by atoms with Crippen LogP contribution in [-0.4, -0.2) is 45.3 Å². The summed E-state index contributed by atoms with van der Waals surface area (Å²) in [5.74, 6) is 2.34. The molecule has 2 rings (SSSR count). The molecular weight excluding hydrogens is 487 g/mol. The lowest BCUT2D eigenvalue weighted by molar-refractivity contribution is 0.354. The summed E-state index contributed by atoms with van der Waals surface area (Å²) in [7, 11) is 5.10. The number of unbranched alkanes of at least 4 members (excludes halogenated alkanes) is 1. The molecule has 0 saturated carbocycles. The van der Waals surface area contributed by atoms with Gasteiger partial charge in [-0.2, -0.15) is 0 Å². The second-order valence-corrected chi connectivity index (χ2v) is 7.15. The number of hydrogen-bond acceptors (Lipinski definition) is 5. The molecular formula is C20H31IN4O2S. The number of methoxy groups -OCH3 is 2. The van der Waals surface area contributed by atoms with Crippen LogP contribution in [0.15, 0.2) is 28.6 Å². The van der Waals surface area contributed by atoms with Gasteiger partial charge in [0.2, 0.25) is 0 Å². The standard InChI is InChI=1S/C20H30N4O2S.HI/c1-15-14-27-19(24-15)7-5-6-11-22-20(21-2)23-12-10-16-8-9-17(25-3)18(13-16)26-4;/h8-9,13-14H,5-7,10-12H2,1-4H3,(H2,21,22,23);1H. The quantitative estimate of drug-likeness (QED) is 0.217. The first-order valence-electron chi connectivity index (χ1n) is 9.22. The van der Waals surface area contributed by atoms with E-state index in [0.717, 1.165) is 61.9 Å². The molecule has 6 nitrogen and oxygen atoms in total. The molecule has 0 unspecified atom stereocenters. The van der Waals surface area contributed by atoms with E-state index in [1.165, 1.54) is 10.6 Å². The van der Waals surface area contributed by atoms with Crippen molar-refractivity contribution in [2.45, 2.75) is 32.6 Å². The SMILES string of the molecule is CN=C(NCCCCc1nc(C)cs1)NCCc1ccc(OC)c(OC)c1.I. The Labute approximate surface area is 189 Å². The van der Waals surface area contributed by atoms with Gasteiger partial charge in [0.15, 0.2) is 17.5 Å². The predicted octanol–water partition coefficient (Wildman–Crippen LogP) is 3.82. The molecule has 0 aliphatic rings. The lowest BCUT2D eigenvalue weighted by atomic mass is 10.1. The zero-order chi connectivity index (χ0) is 19.5. The fourth-order valence-corrected chi connectivity index (χ4v) is 3.53. The minimum Gasteiger partial charge on any atom is -0.493 e. The third-order valence-corrected chi connectivity index (χ3v) is 5.18. The summed E-state index contributed by atoms with van der Waals surface area (Å²) in [5, 5.41) is 10.1. The Kier molecular flexibility index (Phi) is 11.9. The van der Waals surface area contributed by atoms with Crippen LogP contribution in [0, 0.1) is 6.92 Å². The largest absolute Gasteiger partial charge is 0.493 e. The Morgan fingerprint density at radius 1 is 1.07 bits per heavy atom. The molecule has 1 aromatic carbocycles. The fourth-order valence-electron chi connectivity index (χ4n) is 2.71. The number of benzene rings is 1. The number of halogens is 1. The number of aryl methyl sites for hydroxylation is 2. The summed E-state index contributed by atoms with van der Waals surface area (Å²) in [4.78, 5) is 8.78. The number of nitrogens with zero attached hydrogens (tertiary/aromatic N) is 2. The molecule has 0 radical (unpaired) electrons. The van der Waals surface area contributed by atoms with E-state index in [0.29, 0.717) is 0 Å². The van der Waals surface area contributed by atoms with Gasteiger partial charge in [-0.25, -0.2) is 4.98 Å². The fraction of sp³-hybridized carbons (Fsp3) is 0.500. The second kappa shape index (κ2) is 13.6. The molecule has 0 atom stereocenters. The molecule has 0 spiro atoms. The number of nitrogens with one attached hydrogen (secondary N) is 2. The van der Waals surface area contributed by atoms with Gasteiger partial charge < -0.3 is 20.1 Å². The number of hydrogen-bond donors (Lipinski definition) is 2. The first-order valence-corrected chi connectivity index (χ1v) is 10.1. The Hall–Kier alpha value is -1.55. The maximum Gasteiger partial charge on any atom is 0.190 e. The molecule has 1 heterocycles. The zero-order valence-electron chi connectivity index (χ0n) is 17.1. The first kappa shape index (κ1) is 24.5. The van der Waals surface area contributed by atoms with Crippen molar-refractivity contribution < 1.29 is 9.47 Å². The average Bonchev–Trinajstić information content (AvgIpc) is 3.11. The van der Waals surface area contributed by atoms with E-state index in [-0.39, 0.29) is 24.0 Å². The van der Waals surface area contributed by atoms with Gasteiger partial charge in [-0.15, -0.1) is 35.3 Å². The Morgan fingerprint density at radius 2 is 1.82 bits per heavy atom. The normalized spacial score (nSPS) is 10.9. The third kappa shape index (κ3) is 8.22. The Morgan fingerprint density at radius 3 is 2.46 bits per heavy atom. The second-order valence-electron chi connectivity index (χ2n) is 6.20. The van der Waals surface area contributed by atoms with Gasteiger partial charge in [0, 0.05) is 31.2 Å². The molecule has 156 valence electrons. The summed E-state index contributed by atoms with van der Waals surface area (Å²) in [6.07, 6.45) is 4.15. The number of thiazole rings is 1. The highest BCUT2D eigenvalue weighted by Gasteiger charge is 2.05. The summed E-state index contributed by atoms with van der Waals surface area (Å²) in [6.45, 7) is 3.74. The van der Waals surface area contributed by atoms with Crippen LogP contribution >= 0.6 is 35.3 Å². The van der Waals surface area contributed by atoms with Crippen molar-refractivity contribution in [3.63, 3.8) is 0 Å². The van der Waals surface area contributed by atoms with Crippen molar-refractivity contribution in [1.82, 2.24) is 15.6 Å². The van der Waals surface area contributed by atoms with Gasteiger partial charge in [0.1, 0.15) is 0 Å². The van der Waals surface area contributed by atoms with Gasteiger partial charge in [-0.3, -0.25) is 4.99 Å². The molecule has 1 aromatic heterocycles. The summed E-state index contributed by atoms with van der Waals surface area (Å²) in [6, 6.07) is 6.00. The van der Waals surface area contributed by atoms with E-state index < -0.39 is 0 Å². The molecule has 0 aliphatic heterocycles. The highest BCUT2D eigenvalue weighted by atomic mass is 127. The Balaban J connectivity index is 0.00000392. The summed E-state index contributed by atoms with van der Waals surface area (Å²) in [5.41, 5.74) is 2.31. The molecule has 8 heteroatoms. The minimum atomic E-state index is 0. The topological polar surface area (TPSA) is 67.8 Å². The first-order chi connectivity index (χ1) is 13.2. The van der Waals surface area contributed by atoms with Gasteiger partial charge in [0.25, 0.3) is 0 Å². The molecule has 2 N–H and O–H groups in total. The third-order valence-electron chi connectivity index (χ3n) is 4.15. The average molecular weight is 518 g/mol. The van der Waals surface area contributed by atoms with Crippen molar-refractivity contribution in [3.8, 4) is 11.5 Å². The number of aliphatic imine (C=N–C) groups is 1. The van der Waals surface area contributed by atoms with Gasteiger partial charge >= 0.3 is 0 Å². The van der Waals surface area contributed by atoms with E-state index in [4.69, 9.17) is 9.47 Å². The van der Waals surface area contributed by atoms with Crippen molar-refractivity contribution in [1.29, 1.82) is 0 Å². The number of guanidine groups is 1. The van der Waals surface area contributed by atoms with Crippen molar-refractivity contribution in [2.75, 3.05) is 34.4 Å². The van der Waals surface area contributed by atoms with E-state index in [9.17, 15) is 0 Å². The highest BCUT2D eigenvalue weighted by Crippen LogP contribution is 2.27. The van der Waals surface area contributed by atoms with Crippen molar-refractivity contribution >= 4 is 41.3 Å². The smallest absolute Gasteiger partial charge is 0.190 e. The van der Waals surface area contributed by atoms with Crippen LogP contribution in [0.2, 0.25) is 0 Å². The van der Waals surface area contributed by atoms with Crippen molar-refractivity contribution in [2.24, 2.45) is 4.99 Å². The lowest BCUT2D eigenvalue weighted by Crippen LogP contribution is -2.38. The summed E-state index contributed by atoms with van der Waals surface area (Å²) >= 11 is 1.75. The van der Waals surface area contributed by atoms with Crippen LogP contribution in [0.5, 0.6) is 11.5 Å². The molecule has 0 aliphatic carbocycles. The van der Waals surface area contributed by atoms with Gasteiger partial charge in [-0.05, 0) is 50.3 Å². The predicted molar refractivity (Wildman–Crippen MR) is 128 cm³/mol. The van der Waals surface area contributed by atoms with Gasteiger partial charge in [0.05, 0.1) is 19.2 Å². The molecule has 28 heavy (non-hydrogen) atoms. The number of aromatic nitrogens is 1. The maximum absolute atomic E-state index is 5.35. The lowest BCUT2D eigenvalue weighted by Gasteiger charge is -2.13. The molecule has 0 saturated heterocycles. The van der Waals surface area contributed by atoms with E-state index in [1.807, 2.05) is 19.1 Å². The molecule has 2 aromatic rings. The van der Waals surface area contributed by atoms with Gasteiger partial charge in [-0.1, -0.05) is 6.07 Å². The number of rotatable bonds is 10.